The van der Waals surface area contributed by atoms with E-state index in [4.69, 9.17) is 14.6 Å². The van der Waals surface area contributed by atoms with Crippen molar-refractivity contribution in [1.29, 1.82) is 0 Å². The molecule has 0 aromatic rings. The average molecular weight is 240 g/mol. The largest absolute Gasteiger partial charge is 0.478 e. The topological polar surface area (TPSA) is 72.8 Å². The zero-order valence-corrected chi connectivity index (χ0v) is 9.77. The van der Waals surface area contributed by atoms with Crippen LogP contribution in [0.1, 0.15) is 26.2 Å². The first-order chi connectivity index (χ1) is 8.00. The molecule has 5 nitrogen and oxygen atoms in total. The summed E-state index contributed by atoms with van der Waals surface area (Å²) in [7, 11) is 0. The van der Waals surface area contributed by atoms with Gasteiger partial charge >= 0.3 is 11.9 Å². The number of hydrogen-bond acceptors (Lipinski definition) is 4. The van der Waals surface area contributed by atoms with Crippen molar-refractivity contribution >= 4 is 11.9 Å². The van der Waals surface area contributed by atoms with Crippen LogP contribution in [0.4, 0.5) is 0 Å². The van der Waals surface area contributed by atoms with Crippen molar-refractivity contribution in [1.82, 2.24) is 0 Å². The minimum atomic E-state index is -1.09. The summed E-state index contributed by atoms with van der Waals surface area (Å²) >= 11 is 0. The maximum atomic E-state index is 11.5. The summed E-state index contributed by atoms with van der Waals surface area (Å²) in [6, 6.07) is 0. The lowest BCUT2D eigenvalue weighted by Gasteiger charge is -2.22. The standard InChI is InChI=1S/C12H16O5/c1-8(11(13)14)7-9(2)12(15)17-10-5-3-4-6-16-10/h7,10H,2-6H2,1H3,(H,13,14). The number of esters is 1. The third-order valence-electron chi connectivity index (χ3n) is 2.37. The number of rotatable bonds is 4. The van der Waals surface area contributed by atoms with Crippen molar-refractivity contribution in [3.05, 3.63) is 23.8 Å². The Morgan fingerprint density at radius 2 is 2.18 bits per heavy atom. The molecule has 0 aromatic carbocycles. The number of carbonyl (C=O) groups excluding carboxylic acids is 1. The van der Waals surface area contributed by atoms with Gasteiger partial charge in [-0.1, -0.05) is 6.58 Å². The molecule has 1 aliphatic rings. The molecule has 1 atom stereocenters. The fourth-order valence-electron chi connectivity index (χ4n) is 1.38. The first-order valence-electron chi connectivity index (χ1n) is 5.44. The van der Waals surface area contributed by atoms with Gasteiger partial charge in [0.1, 0.15) is 0 Å². The third kappa shape index (κ3) is 4.40. The van der Waals surface area contributed by atoms with E-state index in [9.17, 15) is 9.59 Å². The fraction of sp³-hybridized carbons (Fsp3) is 0.500. The first kappa shape index (κ1) is 13.4. The molecule has 1 rings (SSSR count). The van der Waals surface area contributed by atoms with E-state index in [1.54, 1.807) is 0 Å². The van der Waals surface area contributed by atoms with Gasteiger partial charge in [-0.25, -0.2) is 9.59 Å². The minimum absolute atomic E-state index is 0.0130. The predicted molar refractivity (Wildman–Crippen MR) is 60.2 cm³/mol. The highest BCUT2D eigenvalue weighted by molar-refractivity contribution is 5.95. The lowest BCUT2D eigenvalue weighted by atomic mass is 10.2. The second-order valence-corrected chi connectivity index (χ2v) is 3.86. The monoisotopic (exact) mass is 240 g/mol. The maximum absolute atomic E-state index is 11.5. The molecule has 94 valence electrons. The van der Waals surface area contributed by atoms with Crippen LogP contribution in [0.5, 0.6) is 0 Å². The van der Waals surface area contributed by atoms with Crippen molar-refractivity contribution < 1.29 is 24.2 Å². The van der Waals surface area contributed by atoms with Crippen LogP contribution < -0.4 is 0 Å². The van der Waals surface area contributed by atoms with Crippen LogP contribution in [0.25, 0.3) is 0 Å². The second-order valence-electron chi connectivity index (χ2n) is 3.86. The summed E-state index contributed by atoms with van der Waals surface area (Å²) in [5.41, 5.74) is 0.0515. The van der Waals surface area contributed by atoms with Crippen LogP contribution in [0, 0.1) is 0 Å². The van der Waals surface area contributed by atoms with E-state index in [1.165, 1.54) is 13.0 Å². The van der Waals surface area contributed by atoms with Gasteiger partial charge in [0.05, 0.1) is 12.2 Å². The van der Waals surface area contributed by atoms with Crippen molar-refractivity contribution in [3.63, 3.8) is 0 Å². The Kier molecular flexibility index (Phi) is 4.90. The first-order valence-corrected chi connectivity index (χ1v) is 5.44. The molecular weight excluding hydrogens is 224 g/mol. The van der Waals surface area contributed by atoms with Crippen LogP contribution in [-0.4, -0.2) is 29.9 Å². The average Bonchev–Trinajstić information content (AvgIpc) is 2.29. The number of aliphatic carboxylic acids is 1. The van der Waals surface area contributed by atoms with Crippen LogP contribution in [-0.2, 0) is 19.1 Å². The van der Waals surface area contributed by atoms with Crippen molar-refractivity contribution in [2.24, 2.45) is 0 Å². The van der Waals surface area contributed by atoms with Gasteiger partial charge in [0.15, 0.2) is 0 Å². The Balaban J connectivity index is 2.49. The number of carboxylic acids is 1. The van der Waals surface area contributed by atoms with Gasteiger partial charge in [0, 0.05) is 12.0 Å². The molecule has 1 saturated heterocycles. The summed E-state index contributed by atoms with van der Waals surface area (Å²) < 4.78 is 10.3. The SMILES string of the molecule is C=C(C=C(C)C(=O)O)C(=O)OC1CCCCO1. The fourth-order valence-corrected chi connectivity index (χ4v) is 1.38. The molecule has 17 heavy (non-hydrogen) atoms. The predicted octanol–water partition coefficient (Wildman–Crippen LogP) is 1.64. The molecule has 0 aliphatic carbocycles. The number of carbonyl (C=O) groups is 2. The van der Waals surface area contributed by atoms with E-state index >= 15 is 0 Å². The quantitative estimate of drug-likeness (QED) is 0.459. The Morgan fingerprint density at radius 3 is 2.71 bits per heavy atom. The van der Waals surface area contributed by atoms with E-state index in [0.29, 0.717) is 13.0 Å². The number of hydrogen-bond donors (Lipinski definition) is 1. The molecule has 0 spiro atoms. The zero-order valence-electron chi connectivity index (χ0n) is 9.77. The highest BCUT2D eigenvalue weighted by Crippen LogP contribution is 2.15. The zero-order chi connectivity index (χ0) is 12.8. The molecule has 1 aliphatic heterocycles. The summed E-state index contributed by atoms with van der Waals surface area (Å²) in [5.74, 6) is -1.73. The van der Waals surface area contributed by atoms with Gasteiger partial charge in [-0.05, 0) is 25.8 Å². The minimum Gasteiger partial charge on any atom is -0.478 e. The van der Waals surface area contributed by atoms with Gasteiger partial charge in [-0.2, -0.15) is 0 Å². The van der Waals surface area contributed by atoms with E-state index in [-0.39, 0.29) is 11.1 Å². The lowest BCUT2D eigenvalue weighted by molar-refractivity contribution is -0.182. The van der Waals surface area contributed by atoms with Crippen LogP contribution >= 0.6 is 0 Å². The molecule has 5 heteroatoms. The lowest BCUT2D eigenvalue weighted by Crippen LogP contribution is -2.25. The Labute approximate surface area is 99.7 Å². The molecule has 1 fully saturated rings. The molecule has 0 aromatic heterocycles. The molecule has 0 radical (unpaired) electrons. The van der Waals surface area contributed by atoms with E-state index in [0.717, 1.165) is 12.8 Å². The molecule has 0 amide bonds. The van der Waals surface area contributed by atoms with Crippen LogP contribution in [0.2, 0.25) is 0 Å². The summed E-state index contributed by atoms with van der Waals surface area (Å²) in [4.78, 5) is 22.1. The summed E-state index contributed by atoms with van der Waals surface area (Å²) in [6.45, 7) is 5.44. The molecular formula is C12H16O5. The molecule has 1 unspecified atom stereocenters. The second kappa shape index (κ2) is 6.20. The molecule has 1 heterocycles. The molecule has 0 bridgehead atoms. The molecule has 1 N–H and O–H groups in total. The summed E-state index contributed by atoms with van der Waals surface area (Å²) in [6.07, 6.45) is 3.24. The van der Waals surface area contributed by atoms with Gasteiger partial charge < -0.3 is 14.6 Å². The number of ether oxygens (including phenoxy) is 2. The maximum Gasteiger partial charge on any atom is 0.339 e. The highest BCUT2D eigenvalue weighted by atomic mass is 16.7. The van der Waals surface area contributed by atoms with E-state index in [1.807, 2.05) is 0 Å². The smallest absolute Gasteiger partial charge is 0.339 e. The third-order valence-corrected chi connectivity index (χ3v) is 2.37. The molecule has 0 saturated carbocycles. The van der Waals surface area contributed by atoms with Gasteiger partial charge in [-0.15, -0.1) is 0 Å². The Morgan fingerprint density at radius 1 is 1.47 bits per heavy atom. The van der Waals surface area contributed by atoms with Gasteiger partial charge in [-0.3, -0.25) is 0 Å². The summed E-state index contributed by atoms with van der Waals surface area (Å²) in [5, 5.41) is 8.65. The van der Waals surface area contributed by atoms with Gasteiger partial charge in [0.2, 0.25) is 6.29 Å². The Bertz CT molecular complexity index is 350. The highest BCUT2D eigenvalue weighted by Gasteiger charge is 2.19. The van der Waals surface area contributed by atoms with Crippen molar-refractivity contribution in [3.8, 4) is 0 Å². The van der Waals surface area contributed by atoms with E-state index < -0.39 is 18.2 Å². The normalized spacial score (nSPS) is 20.8. The van der Waals surface area contributed by atoms with Gasteiger partial charge in [0.25, 0.3) is 0 Å². The van der Waals surface area contributed by atoms with Crippen molar-refractivity contribution in [2.45, 2.75) is 32.5 Å². The number of carboxylic acid groups (broad SMARTS) is 1. The Hall–Kier alpha value is -1.62. The van der Waals surface area contributed by atoms with Crippen molar-refractivity contribution in [2.75, 3.05) is 6.61 Å². The van der Waals surface area contributed by atoms with E-state index in [2.05, 4.69) is 6.58 Å². The van der Waals surface area contributed by atoms with Crippen LogP contribution in [0.3, 0.4) is 0 Å². The van der Waals surface area contributed by atoms with Crippen LogP contribution in [0.15, 0.2) is 23.8 Å².